The summed E-state index contributed by atoms with van der Waals surface area (Å²) in [6.45, 7) is 8.87. The van der Waals surface area contributed by atoms with Gasteiger partial charge in [0.05, 0.1) is 5.56 Å². The summed E-state index contributed by atoms with van der Waals surface area (Å²) in [5, 5.41) is 3.43. The second kappa shape index (κ2) is 9.34. The maximum absolute atomic E-state index is 12.3. The Morgan fingerprint density at radius 1 is 1.29 bits per heavy atom. The van der Waals surface area contributed by atoms with Gasteiger partial charge in [0.25, 0.3) is 5.91 Å². The molecule has 1 aromatic rings. The average molecular weight is 331 g/mol. The van der Waals surface area contributed by atoms with Crippen molar-refractivity contribution in [2.45, 2.75) is 56.2 Å². The molecule has 0 aromatic heterocycles. The minimum atomic E-state index is -0.310. The Labute approximate surface area is 138 Å². The van der Waals surface area contributed by atoms with Crippen molar-refractivity contribution in [1.29, 1.82) is 0 Å². The Bertz CT molecular complexity index is 448. The number of benzene rings is 1. The van der Waals surface area contributed by atoms with Crippen molar-refractivity contribution in [2.24, 2.45) is 5.73 Å². The first-order chi connectivity index (χ1) is 9.41. The first-order valence-corrected chi connectivity index (χ1v) is 8.12. The van der Waals surface area contributed by atoms with Crippen LogP contribution in [0.25, 0.3) is 0 Å². The molecule has 0 aliphatic rings. The lowest BCUT2D eigenvalue weighted by Gasteiger charge is -2.27. The fraction of sp³-hybridized carbons (Fsp3) is 0.562. The van der Waals surface area contributed by atoms with E-state index in [4.69, 9.17) is 5.73 Å². The number of rotatable bonds is 7. The minimum absolute atomic E-state index is 0. The standard InChI is InChI=1S/C16H26N2OS.ClH/c1-5-16(17,6-2)11-18-15(19)13-9-7-8-10-14(13)20-12(3)4;/h7-10,12H,5-6,11,17H2,1-4H3,(H,18,19);1H. The van der Waals surface area contributed by atoms with Crippen LogP contribution in [-0.4, -0.2) is 23.2 Å². The number of carbonyl (C=O) groups is 1. The molecule has 1 rings (SSSR count). The van der Waals surface area contributed by atoms with E-state index in [1.807, 2.05) is 24.3 Å². The minimum Gasteiger partial charge on any atom is -0.350 e. The highest BCUT2D eigenvalue weighted by Gasteiger charge is 2.22. The van der Waals surface area contributed by atoms with Crippen LogP contribution in [0.4, 0.5) is 0 Å². The van der Waals surface area contributed by atoms with Crippen LogP contribution in [0.15, 0.2) is 29.2 Å². The molecule has 0 aliphatic heterocycles. The van der Waals surface area contributed by atoms with Crippen molar-refractivity contribution < 1.29 is 4.79 Å². The molecule has 3 N–H and O–H groups in total. The molecule has 0 unspecified atom stereocenters. The second-order valence-electron chi connectivity index (χ2n) is 5.41. The summed E-state index contributed by atoms with van der Waals surface area (Å²) in [4.78, 5) is 13.4. The lowest BCUT2D eigenvalue weighted by molar-refractivity contribution is 0.0939. The van der Waals surface area contributed by atoms with Gasteiger partial charge in [-0.15, -0.1) is 24.2 Å². The largest absolute Gasteiger partial charge is 0.350 e. The van der Waals surface area contributed by atoms with E-state index < -0.39 is 0 Å². The number of nitrogens with two attached hydrogens (primary N) is 1. The fourth-order valence-corrected chi connectivity index (χ4v) is 2.82. The maximum Gasteiger partial charge on any atom is 0.252 e. The van der Waals surface area contributed by atoms with E-state index in [0.717, 1.165) is 23.3 Å². The smallest absolute Gasteiger partial charge is 0.252 e. The molecule has 21 heavy (non-hydrogen) atoms. The molecule has 3 nitrogen and oxygen atoms in total. The quantitative estimate of drug-likeness (QED) is 0.746. The molecule has 1 aromatic carbocycles. The van der Waals surface area contributed by atoms with Gasteiger partial charge in [-0.1, -0.05) is 39.8 Å². The summed E-state index contributed by atoms with van der Waals surface area (Å²) in [5.41, 5.74) is 6.65. The monoisotopic (exact) mass is 330 g/mol. The fourth-order valence-electron chi connectivity index (χ4n) is 1.86. The SMILES string of the molecule is CCC(N)(CC)CNC(=O)c1ccccc1SC(C)C.Cl. The van der Waals surface area contributed by atoms with Gasteiger partial charge in [0.2, 0.25) is 0 Å². The summed E-state index contributed by atoms with van der Waals surface area (Å²) in [7, 11) is 0. The van der Waals surface area contributed by atoms with E-state index >= 15 is 0 Å². The summed E-state index contributed by atoms with van der Waals surface area (Å²) in [5.74, 6) is -0.0366. The highest BCUT2D eigenvalue weighted by Crippen LogP contribution is 2.26. The van der Waals surface area contributed by atoms with Crippen LogP contribution < -0.4 is 11.1 Å². The van der Waals surface area contributed by atoms with Crippen LogP contribution in [0.5, 0.6) is 0 Å². The van der Waals surface area contributed by atoms with E-state index in [2.05, 4.69) is 33.0 Å². The van der Waals surface area contributed by atoms with Crippen molar-refractivity contribution in [3.05, 3.63) is 29.8 Å². The molecule has 0 spiro atoms. The van der Waals surface area contributed by atoms with E-state index in [1.165, 1.54) is 0 Å². The van der Waals surface area contributed by atoms with E-state index in [0.29, 0.717) is 11.8 Å². The van der Waals surface area contributed by atoms with Crippen molar-refractivity contribution in [2.75, 3.05) is 6.54 Å². The third-order valence-electron chi connectivity index (χ3n) is 3.50. The van der Waals surface area contributed by atoms with Gasteiger partial charge in [0.15, 0.2) is 0 Å². The topological polar surface area (TPSA) is 55.1 Å². The number of amides is 1. The summed E-state index contributed by atoms with van der Waals surface area (Å²) >= 11 is 1.71. The molecule has 0 saturated carbocycles. The molecule has 5 heteroatoms. The first kappa shape index (κ1) is 20.3. The van der Waals surface area contributed by atoms with E-state index in [9.17, 15) is 4.79 Å². The highest BCUT2D eigenvalue weighted by atomic mass is 35.5. The first-order valence-electron chi connectivity index (χ1n) is 7.24. The zero-order valence-corrected chi connectivity index (χ0v) is 14.9. The highest BCUT2D eigenvalue weighted by molar-refractivity contribution is 8.00. The van der Waals surface area contributed by atoms with Gasteiger partial charge in [-0.2, -0.15) is 0 Å². The molecule has 0 aliphatic carbocycles. The molecule has 0 radical (unpaired) electrons. The summed E-state index contributed by atoms with van der Waals surface area (Å²) < 4.78 is 0. The van der Waals surface area contributed by atoms with E-state index in [1.54, 1.807) is 11.8 Å². The van der Waals surface area contributed by atoms with Gasteiger partial charge in [0.1, 0.15) is 0 Å². The normalized spacial score (nSPS) is 11.1. The Morgan fingerprint density at radius 2 is 1.86 bits per heavy atom. The van der Waals surface area contributed by atoms with Crippen molar-refractivity contribution in [1.82, 2.24) is 5.32 Å². The number of hydrogen-bond donors (Lipinski definition) is 2. The molecule has 0 atom stereocenters. The van der Waals surface area contributed by atoms with Crippen molar-refractivity contribution >= 4 is 30.1 Å². The lowest BCUT2D eigenvalue weighted by atomic mass is 9.94. The van der Waals surface area contributed by atoms with Crippen LogP contribution in [0, 0.1) is 0 Å². The van der Waals surface area contributed by atoms with Gasteiger partial charge >= 0.3 is 0 Å². The lowest BCUT2D eigenvalue weighted by Crippen LogP contribution is -2.49. The van der Waals surface area contributed by atoms with Gasteiger partial charge in [-0.05, 0) is 25.0 Å². The number of thioether (sulfide) groups is 1. The maximum atomic E-state index is 12.3. The Kier molecular flexibility index (Phi) is 9.02. The van der Waals surface area contributed by atoms with Crippen LogP contribution in [0.3, 0.4) is 0 Å². The van der Waals surface area contributed by atoms with Crippen LogP contribution in [0.1, 0.15) is 50.9 Å². The third-order valence-corrected chi connectivity index (χ3v) is 4.58. The molecular weight excluding hydrogens is 304 g/mol. The van der Waals surface area contributed by atoms with Crippen molar-refractivity contribution in [3.8, 4) is 0 Å². The van der Waals surface area contributed by atoms with Crippen molar-refractivity contribution in [3.63, 3.8) is 0 Å². The predicted octanol–water partition coefficient (Wildman–Crippen LogP) is 3.86. The molecule has 1 amide bonds. The molecule has 0 saturated heterocycles. The van der Waals surface area contributed by atoms with Crippen LogP contribution in [-0.2, 0) is 0 Å². The molecule has 0 bridgehead atoms. The molecular formula is C16H27ClN2OS. The summed E-state index contributed by atoms with van der Waals surface area (Å²) in [6, 6.07) is 7.73. The zero-order chi connectivity index (χ0) is 15.2. The molecule has 0 heterocycles. The third kappa shape index (κ3) is 6.29. The van der Waals surface area contributed by atoms with Gasteiger partial charge < -0.3 is 11.1 Å². The molecule has 120 valence electrons. The van der Waals surface area contributed by atoms with Gasteiger partial charge in [0, 0.05) is 22.2 Å². The number of hydrogen-bond acceptors (Lipinski definition) is 3. The van der Waals surface area contributed by atoms with Gasteiger partial charge in [-0.3, -0.25) is 4.79 Å². The zero-order valence-electron chi connectivity index (χ0n) is 13.3. The number of halogens is 1. The Hall–Kier alpha value is -0.710. The molecule has 0 fully saturated rings. The number of carbonyl (C=O) groups excluding carboxylic acids is 1. The van der Waals surface area contributed by atoms with Crippen LogP contribution >= 0.6 is 24.2 Å². The van der Waals surface area contributed by atoms with E-state index in [-0.39, 0.29) is 23.9 Å². The second-order valence-corrected chi connectivity index (χ2v) is 7.03. The Balaban J connectivity index is 0.00000400. The van der Waals surface area contributed by atoms with Gasteiger partial charge in [-0.25, -0.2) is 0 Å². The summed E-state index contributed by atoms with van der Waals surface area (Å²) in [6.07, 6.45) is 1.71. The number of nitrogens with one attached hydrogen (secondary N) is 1. The Morgan fingerprint density at radius 3 is 2.38 bits per heavy atom. The average Bonchev–Trinajstić information content (AvgIpc) is 2.44. The predicted molar refractivity (Wildman–Crippen MR) is 94.5 cm³/mol. The van der Waals surface area contributed by atoms with Crippen LogP contribution in [0.2, 0.25) is 0 Å².